The summed E-state index contributed by atoms with van der Waals surface area (Å²) in [5.74, 6) is -1.01. The molecular formula is C15H18N2O6. The van der Waals surface area contributed by atoms with Crippen LogP contribution < -0.4 is 10.1 Å². The molecule has 0 saturated carbocycles. The lowest BCUT2D eigenvalue weighted by molar-refractivity contribution is -0.384. The Balaban J connectivity index is 2.87. The van der Waals surface area contributed by atoms with E-state index in [1.807, 2.05) is 0 Å². The van der Waals surface area contributed by atoms with Crippen molar-refractivity contribution < 1.29 is 24.0 Å². The highest BCUT2D eigenvalue weighted by Crippen LogP contribution is 2.29. The molecule has 0 fully saturated rings. The molecule has 8 nitrogen and oxygen atoms in total. The molecule has 1 aromatic carbocycles. The zero-order valence-electron chi connectivity index (χ0n) is 13.3. The van der Waals surface area contributed by atoms with Gasteiger partial charge in [-0.2, -0.15) is 0 Å². The third-order valence-corrected chi connectivity index (χ3v) is 2.72. The number of esters is 1. The molecule has 1 N–H and O–H groups in total. The largest absolute Gasteiger partial charge is 0.495 e. The standard InChI is InChI=1S/C15H18N2O6/c1-9(2)7-14(18)23-10(3)15(19)16-12-8-11(17(20)21)5-6-13(12)22-4/h5-8,10H,1-4H3,(H,16,19). The lowest BCUT2D eigenvalue weighted by Crippen LogP contribution is -2.29. The van der Waals surface area contributed by atoms with Crippen molar-refractivity contribution >= 4 is 23.3 Å². The molecule has 0 radical (unpaired) electrons. The second kappa shape index (κ2) is 7.92. The Morgan fingerprint density at radius 1 is 1.35 bits per heavy atom. The monoisotopic (exact) mass is 322 g/mol. The highest BCUT2D eigenvalue weighted by molar-refractivity contribution is 5.97. The summed E-state index contributed by atoms with van der Waals surface area (Å²) < 4.78 is 9.98. The number of non-ortho nitro benzene ring substituents is 1. The van der Waals surface area contributed by atoms with Gasteiger partial charge in [0, 0.05) is 18.2 Å². The molecule has 0 aliphatic heterocycles. The van der Waals surface area contributed by atoms with Crippen molar-refractivity contribution in [2.45, 2.75) is 26.9 Å². The predicted molar refractivity (Wildman–Crippen MR) is 83.3 cm³/mol. The molecule has 1 rings (SSSR count). The first-order chi connectivity index (χ1) is 10.7. The van der Waals surface area contributed by atoms with E-state index < -0.39 is 22.9 Å². The van der Waals surface area contributed by atoms with Crippen LogP contribution in [0, 0.1) is 10.1 Å². The summed E-state index contributed by atoms with van der Waals surface area (Å²) >= 11 is 0. The molecule has 8 heteroatoms. The minimum atomic E-state index is -1.07. The summed E-state index contributed by atoms with van der Waals surface area (Å²) in [4.78, 5) is 33.8. The van der Waals surface area contributed by atoms with Gasteiger partial charge < -0.3 is 14.8 Å². The van der Waals surface area contributed by atoms with Gasteiger partial charge in [0.25, 0.3) is 11.6 Å². The van der Waals surface area contributed by atoms with Crippen LogP contribution in [0.15, 0.2) is 29.8 Å². The number of allylic oxidation sites excluding steroid dienone is 1. The molecule has 1 unspecified atom stereocenters. The second-order valence-corrected chi connectivity index (χ2v) is 4.93. The predicted octanol–water partition coefficient (Wildman–Crippen LogP) is 2.44. The van der Waals surface area contributed by atoms with Crippen molar-refractivity contribution in [3.05, 3.63) is 40.0 Å². The van der Waals surface area contributed by atoms with Crippen molar-refractivity contribution in [3.8, 4) is 5.75 Å². The van der Waals surface area contributed by atoms with Gasteiger partial charge in [-0.05, 0) is 26.8 Å². The van der Waals surface area contributed by atoms with Crippen LogP contribution in [-0.2, 0) is 14.3 Å². The molecule has 0 aromatic heterocycles. The zero-order valence-corrected chi connectivity index (χ0v) is 13.3. The van der Waals surface area contributed by atoms with Crippen LogP contribution in [0.25, 0.3) is 0 Å². The van der Waals surface area contributed by atoms with Crippen molar-refractivity contribution in [3.63, 3.8) is 0 Å². The fraction of sp³-hybridized carbons (Fsp3) is 0.333. The first-order valence-electron chi connectivity index (χ1n) is 6.73. The lowest BCUT2D eigenvalue weighted by atomic mass is 10.2. The molecule has 23 heavy (non-hydrogen) atoms. The fourth-order valence-electron chi connectivity index (χ4n) is 1.64. The molecule has 124 valence electrons. The molecule has 0 aliphatic rings. The van der Waals surface area contributed by atoms with E-state index in [9.17, 15) is 19.7 Å². The van der Waals surface area contributed by atoms with Crippen LogP contribution in [0.3, 0.4) is 0 Å². The van der Waals surface area contributed by atoms with Crippen molar-refractivity contribution in [1.29, 1.82) is 0 Å². The van der Waals surface area contributed by atoms with Crippen LogP contribution in [0.4, 0.5) is 11.4 Å². The number of methoxy groups -OCH3 is 1. The SMILES string of the molecule is COc1ccc([N+](=O)[O-])cc1NC(=O)C(C)OC(=O)C=C(C)C. The third kappa shape index (κ3) is 5.42. The van der Waals surface area contributed by atoms with Gasteiger partial charge in [0.2, 0.25) is 0 Å². The second-order valence-electron chi connectivity index (χ2n) is 4.93. The average Bonchev–Trinajstić information content (AvgIpc) is 2.45. The minimum absolute atomic E-state index is 0.122. The normalized spacial score (nSPS) is 11.1. The maximum atomic E-state index is 12.0. The van der Waals surface area contributed by atoms with E-state index in [2.05, 4.69) is 5.32 Å². The maximum Gasteiger partial charge on any atom is 0.331 e. The Morgan fingerprint density at radius 2 is 2.00 bits per heavy atom. The maximum absolute atomic E-state index is 12.0. The van der Waals surface area contributed by atoms with Gasteiger partial charge in [-0.1, -0.05) is 5.57 Å². The van der Waals surface area contributed by atoms with E-state index in [0.717, 1.165) is 5.57 Å². The number of nitrogens with one attached hydrogen (secondary N) is 1. The van der Waals surface area contributed by atoms with E-state index in [-0.39, 0.29) is 17.1 Å². The third-order valence-electron chi connectivity index (χ3n) is 2.72. The fourth-order valence-corrected chi connectivity index (χ4v) is 1.64. The van der Waals surface area contributed by atoms with Crippen LogP contribution in [0.5, 0.6) is 5.75 Å². The number of carbonyl (C=O) groups is 2. The van der Waals surface area contributed by atoms with E-state index >= 15 is 0 Å². The van der Waals surface area contributed by atoms with Gasteiger partial charge in [-0.15, -0.1) is 0 Å². The number of nitro benzene ring substituents is 1. The van der Waals surface area contributed by atoms with Gasteiger partial charge >= 0.3 is 5.97 Å². The van der Waals surface area contributed by atoms with Crippen molar-refractivity contribution in [2.24, 2.45) is 0 Å². The molecule has 0 heterocycles. The Bertz CT molecular complexity index is 649. The Kier molecular flexibility index (Phi) is 6.25. The summed E-state index contributed by atoms with van der Waals surface area (Å²) in [5, 5.41) is 13.2. The number of hydrogen-bond acceptors (Lipinski definition) is 6. The van der Waals surface area contributed by atoms with Gasteiger partial charge in [-0.3, -0.25) is 14.9 Å². The molecule has 0 saturated heterocycles. The summed E-state index contributed by atoms with van der Waals surface area (Å²) in [6.07, 6.45) is 0.194. The first kappa shape index (κ1) is 18.1. The zero-order chi connectivity index (χ0) is 17.6. The van der Waals surface area contributed by atoms with E-state index in [4.69, 9.17) is 9.47 Å². The Labute approximate surface area is 133 Å². The van der Waals surface area contributed by atoms with Crippen LogP contribution >= 0.6 is 0 Å². The topological polar surface area (TPSA) is 108 Å². The Morgan fingerprint density at radius 3 is 2.52 bits per heavy atom. The number of carbonyl (C=O) groups excluding carboxylic acids is 2. The highest BCUT2D eigenvalue weighted by Gasteiger charge is 2.20. The molecular weight excluding hydrogens is 304 g/mol. The summed E-state index contributed by atoms with van der Waals surface area (Å²) in [7, 11) is 1.37. The molecule has 0 bridgehead atoms. The van der Waals surface area contributed by atoms with Crippen LogP contribution in [0.2, 0.25) is 0 Å². The smallest absolute Gasteiger partial charge is 0.331 e. The average molecular weight is 322 g/mol. The number of amides is 1. The van der Waals surface area contributed by atoms with Crippen molar-refractivity contribution in [2.75, 3.05) is 12.4 Å². The molecule has 1 atom stereocenters. The minimum Gasteiger partial charge on any atom is -0.495 e. The van der Waals surface area contributed by atoms with E-state index in [1.165, 1.54) is 38.3 Å². The van der Waals surface area contributed by atoms with Gasteiger partial charge in [0.1, 0.15) is 5.75 Å². The lowest BCUT2D eigenvalue weighted by Gasteiger charge is -2.14. The summed E-state index contributed by atoms with van der Waals surface area (Å²) in [6, 6.07) is 3.79. The van der Waals surface area contributed by atoms with Gasteiger partial charge in [0.15, 0.2) is 6.10 Å². The molecule has 0 aliphatic carbocycles. The quantitative estimate of drug-likeness (QED) is 0.373. The number of ether oxygens (including phenoxy) is 2. The molecule has 0 spiro atoms. The Hall–Kier alpha value is -2.90. The molecule has 1 amide bonds. The van der Waals surface area contributed by atoms with E-state index in [0.29, 0.717) is 0 Å². The first-order valence-corrected chi connectivity index (χ1v) is 6.73. The summed E-state index contributed by atoms with van der Waals surface area (Å²) in [6.45, 7) is 4.84. The highest BCUT2D eigenvalue weighted by atomic mass is 16.6. The van der Waals surface area contributed by atoms with Crippen molar-refractivity contribution in [1.82, 2.24) is 0 Å². The number of rotatable bonds is 6. The van der Waals surface area contributed by atoms with E-state index in [1.54, 1.807) is 13.8 Å². The molecule has 1 aromatic rings. The summed E-state index contributed by atoms with van der Waals surface area (Å²) in [5.41, 5.74) is 0.662. The van der Waals surface area contributed by atoms with Gasteiger partial charge in [-0.25, -0.2) is 4.79 Å². The number of nitro groups is 1. The van der Waals surface area contributed by atoms with Crippen LogP contribution in [0.1, 0.15) is 20.8 Å². The number of anilines is 1. The number of nitrogens with zero attached hydrogens (tertiary/aromatic N) is 1. The number of hydrogen-bond donors (Lipinski definition) is 1. The number of benzene rings is 1. The van der Waals surface area contributed by atoms with Gasteiger partial charge in [0.05, 0.1) is 17.7 Å². The van der Waals surface area contributed by atoms with Crippen LogP contribution in [-0.4, -0.2) is 30.0 Å².